The highest BCUT2D eigenvalue weighted by Gasteiger charge is 2.22. The molecule has 1 N–H and O–H groups in total. The van der Waals surface area contributed by atoms with Gasteiger partial charge in [-0.05, 0) is 18.9 Å². The van der Waals surface area contributed by atoms with E-state index in [0.29, 0.717) is 6.61 Å². The quantitative estimate of drug-likeness (QED) is 0.631. The van der Waals surface area contributed by atoms with E-state index >= 15 is 0 Å². The molecule has 1 aliphatic heterocycles. The minimum absolute atomic E-state index is 0.122. The number of carboxylic acid groups (broad SMARTS) is 1. The molecule has 1 aromatic rings. The molecule has 1 aliphatic rings. The van der Waals surface area contributed by atoms with Crippen LogP contribution in [0.2, 0.25) is 0 Å². The van der Waals surface area contributed by atoms with E-state index in [0.717, 1.165) is 25.0 Å². The summed E-state index contributed by atoms with van der Waals surface area (Å²) in [4.78, 5) is 24.6. The van der Waals surface area contributed by atoms with Gasteiger partial charge in [0.1, 0.15) is 6.61 Å². The number of carboxylic acids is 1. The second-order valence-electron chi connectivity index (χ2n) is 4.03. The lowest BCUT2D eigenvalue weighted by Gasteiger charge is -2.10. The van der Waals surface area contributed by atoms with Crippen LogP contribution in [0.5, 0.6) is 5.88 Å². The highest BCUT2D eigenvalue weighted by atomic mass is 16.6. The van der Waals surface area contributed by atoms with Crippen molar-refractivity contribution in [3.63, 3.8) is 0 Å². The lowest BCUT2D eigenvalue weighted by Crippen LogP contribution is -2.17. The largest absolute Gasteiger partial charge is 0.477 e. The zero-order valence-corrected chi connectivity index (χ0v) is 9.94. The number of hydrogen-bond donors (Lipinski definition) is 1. The molecule has 8 heteroatoms. The molecule has 0 radical (unpaired) electrons. The van der Waals surface area contributed by atoms with Crippen LogP contribution in [0.1, 0.15) is 23.3 Å². The Balaban J connectivity index is 2.16. The van der Waals surface area contributed by atoms with Crippen molar-refractivity contribution in [2.75, 3.05) is 13.2 Å². The van der Waals surface area contributed by atoms with Gasteiger partial charge >= 0.3 is 11.7 Å². The van der Waals surface area contributed by atoms with Crippen LogP contribution in [0.3, 0.4) is 0 Å². The molecule has 19 heavy (non-hydrogen) atoms. The van der Waals surface area contributed by atoms with Gasteiger partial charge in [0.05, 0.1) is 11.0 Å². The number of hydrogen-bond acceptors (Lipinski definition) is 6. The Kier molecular flexibility index (Phi) is 3.91. The smallest absolute Gasteiger partial charge is 0.354 e. The van der Waals surface area contributed by atoms with Crippen molar-refractivity contribution in [2.24, 2.45) is 0 Å². The fourth-order valence-electron chi connectivity index (χ4n) is 1.75. The maximum absolute atomic E-state index is 10.8. The van der Waals surface area contributed by atoms with Crippen LogP contribution >= 0.6 is 0 Å². The molecule has 0 aliphatic carbocycles. The molecule has 0 aromatic carbocycles. The Hall–Kier alpha value is -2.22. The van der Waals surface area contributed by atoms with Crippen LogP contribution < -0.4 is 4.74 Å². The maximum atomic E-state index is 10.8. The number of carbonyl (C=O) groups is 1. The molecule has 2 rings (SSSR count). The number of pyridine rings is 1. The summed E-state index contributed by atoms with van der Waals surface area (Å²) < 4.78 is 10.5. The molecule has 0 saturated carbocycles. The van der Waals surface area contributed by atoms with E-state index in [2.05, 4.69) is 4.98 Å². The van der Waals surface area contributed by atoms with E-state index in [1.807, 2.05) is 0 Å². The van der Waals surface area contributed by atoms with Gasteiger partial charge in [-0.15, -0.1) is 0 Å². The SMILES string of the molecule is O=C(O)c1ccc([N+](=O)[O-])c(OCC2CCCO2)n1. The average Bonchev–Trinajstić information content (AvgIpc) is 2.88. The summed E-state index contributed by atoms with van der Waals surface area (Å²) in [5, 5.41) is 19.6. The van der Waals surface area contributed by atoms with Crippen LogP contribution in [0.15, 0.2) is 12.1 Å². The van der Waals surface area contributed by atoms with Gasteiger partial charge in [0, 0.05) is 12.7 Å². The molecule has 0 spiro atoms. The van der Waals surface area contributed by atoms with Crippen LogP contribution in [0.4, 0.5) is 5.69 Å². The number of rotatable bonds is 5. The molecule has 1 saturated heterocycles. The first-order valence-electron chi connectivity index (χ1n) is 5.71. The topological polar surface area (TPSA) is 112 Å². The lowest BCUT2D eigenvalue weighted by molar-refractivity contribution is -0.386. The van der Waals surface area contributed by atoms with Gasteiger partial charge in [-0.1, -0.05) is 0 Å². The Bertz CT molecular complexity index is 498. The second-order valence-corrected chi connectivity index (χ2v) is 4.03. The van der Waals surface area contributed by atoms with E-state index in [-0.39, 0.29) is 30.0 Å². The third-order valence-electron chi connectivity index (χ3n) is 2.69. The van der Waals surface area contributed by atoms with Crippen molar-refractivity contribution >= 4 is 11.7 Å². The van der Waals surface area contributed by atoms with Crippen LogP contribution in [0.25, 0.3) is 0 Å². The number of nitrogens with zero attached hydrogens (tertiary/aromatic N) is 2. The second kappa shape index (κ2) is 5.61. The Morgan fingerprint density at radius 3 is 3.00 bits per heavy atom. The van der Waals surface area contributed by atoms with E-state index in [1.165, 1.54) is 0 Å². The lowest BCUT2D eigenvalue weighted by atomic mass is 10.2. The fraction of sp³-hybridized carbons (Fsp3) is 0.455. The van der Waals surface area contributed by atoms with Crippen molar-refractivity contribution in [2.45, 2.75) is 18.9 Å². The molecule has 0 amide bonds. The molecule has 1 fully saturated rings. The van der Waals surface area contributed by atoms with Gasteiger partial charge < -0.3 is 14.6 Å². The summed E-state index contributed by atoms with van der Waals surface area (Å²) in [5.41, 5.74) is -0.657. The van der Waals surface area contributed by atoms with E-state index in [4.69, 9.17) is 14.6 Å². The standard InChI is InChI=1S/C11H12N2O6/c14-11(15)8-3-4-9(13(16)17)10(12-8)19-6-7-2-1-5-18-7/h3-4,7H,1-2,5-6H2,(H,14,15). The molecule has 2 heterocycles. The summed E-state index contributed by atoms with van der Waals surface area (Å²) in [6.45, 7) is 0.760. The van der Waals surface area contributed by atoms with Crippen LogP contribution in [-0.2, 0) is 4.74 Å². The highest BCUT2D eigenvalue weighted by Crippen LogP contribution is 2.25. The van der Waals surface area contributed by atoms with Gasteiger partial charge in [0.25, 0.3) is 5.88 Å². The average molecular weight is 268 g/mol. The zero-order chi connectivity index (χ0) is 13.8. The predicted octanol–water partition coefficient (Wildman–Crippen LogP) is 1.25. The number of nitro groups is 1. The van der Waals surface area contributed by atoms with Crippen LogP contribution in [-0.4, -0.2) is 40.3 Å². The molecule has 1 aromatic heterocycles. The summed E-state index contributed by atoms with van der Waals surface area (Å²) in [6, 6.07) is 2.14. The van der Waals surface area contributed by atoms with Gasteiger partial charge in [-0.3, -0.25) is 10.1 Å². The molecule has 8 nitrogen and oxygen atoms in total. The number of aromatic carboxylic acids is 1. The third-order valence-corrected chi connectivity index (χ3v) is 2.69. The normalized spacial score (nSPS) is 18.2. The number of ether oxygens (including phenoxy) is 2. The first kappa shape index (κ1) is 13.2. The molecule has 102 valence electrons. The first-order chi connectivity index (χ1) is 9.08. The zero-order valence-electron chi connectivity index (χ0n) is 9.94. The van der Waals surface area contributed by atoms with Crippen molar-refractivity contribution < 1.29 is 24.3 Å². The van der Waals surface area contributed by atoms with Crippen molar-refractivity contribution in [1.82, 2.24) is 4.98 Å². The Labute approximate surface area is 108 Å². The molecule has 1 atom stereocenters. The number of aromatic nitrogens is 1. The van der Waals surface area contributed by atoms with E-state index < -0.39 is 10.9 Å². The molecule has 0 bridgehead atoms. The Morgan fingerprint density at radius 1 is 1.63 bits per heavy atom. The van der Waals surface area contributed by atoms with Crippen molar-refractivity contribution in [3.05, 3.63) is 27.9 Å². The fourth-order valence-corrected chi connectivity index (χ4v) is 1.75. The third kappa shape index (κ3) is 3.16. The van der Waals surface area contributed by atoms with Gasteiger partial charge in [0.2, 0.25) is 0 Å². The van der Waals surface area contributed by atoms with Crippen LogP contribution in [0, 0.1) is 10.1 Å². The molecular weight excluding hydrogens is 256 g/mol. The van der Waals surface area contributed by atoms with Crippen molar-refractivity contribution in [3.8, 4) is 5.88 Å². The minimum Gasteiger partial charge on any atom is -0.477 e. The summed E-state index contributed by atoms with van der Waals surface area (Å²) >= 11 is 0. The minimum atomic E-state index is -1.27. The summed E-state index contributed by atoms with van der Waals surface area (Å²) in [6.07, 6.45) is 1.60. The van der Waals surface area contributed by atoms with Crippen molar-refractivity contribution in [1.29, 1.82) is 0 Å². The van der Waals surface area contributed by atoms with E-state index in [1.54, 1.807) is 0 Å². The molecule has 1 unspecified atom stereocenters. The highest BCUT2D eigenvalue weighted by molar-refractivity contribution is 5.85. The summed E-state index contributed by atoms with van der Waals surface area (Å²) in [7, 11) is 0. The Morgan fingerprint density at radius 2 is 2.42 bits per heavy atom. The maximum Gasteiger partial charge on any atom is 0.354 e. The van der Waals surface area contributed by atoms with E-state index in [9.17, 15) is 14.9 Å². The van der Waals surface area contributed by atoms with Gasteiger partial charge in [-0.25, -0.2) is 9.78 Å². The van der Waals surface area contributed by atoms with Gasteiger partial charge in [-0.2, -0.15) is 0 Å². The summed E-state index contributed by atoms with van der Waals surface area (Å²) in [5.74, 6) is -1.56. The van der Waals surface area contributed by atoms with Gasteiger partial charge in [0.15, 0.2) is 5.69 Å². The predicted molar refractivity (Wildman–Crippen MR) is 62.3 cm³/mol. The monoisotopic (exact) mass is 268 g/mol. The first-order valence-corrected chi connectivity index (χ1v) is 5.71. The molecular formula is C11H12N2O6.